The summed E-state index contributed by atoms with van der Waals surface area (Å²) in [6.07, 6.45) is 10.8. The highest BCUT2D eigenvalue weighted by atomic mass is 35.5. The quantitative estimate of drug-likeness (QED) is 0.750. The Bertz CT molecular complexity index is 825. The lowest BCUT2D eigenvalue weighted by Gasteiger charge is -2.36. The van der Waals surface area contributed by atoms with Crippen molar-refractivity contribution >= 4 is 17.3 Å². The molecule has 0 amide bonds. The zero-order chi connectivity index (χ0) is 19.3. The van der Waals surface area contributed by atoms with Gasteiger partial charge in [-0.2, -0.15) is 5.10 Å². The number of nitrogens with zero attached hydrogens (tertiary/aromatic N) is 3. The van der Waals surface area contributed by atoms with Crippen LogP contribution in [-0.4, -0.2) is 35.1 Å². The largest absolute Gasteiger partial charge is 0.375 e. The van der Waals surface area contributed by atoms with Crippen LogP contribution in [0.3, 0.4) is 0 Å². The Kier molecular flexibility index (Phi) is 6.33. The summed E-state index contributed by atoms with van der Waals surface area (Å²) in [6.45, 7) is 2.12. The first-order valence-electron chi connectivity index (χ1n) is 10.4. The first-order valence-corrected chi connectivity index (χ1v) is 10.8. The predicted molar refractivity (Wildman–Crippen MR) is 112 cm³/mol. The highest BCUT2D eigenvalue weighted by Crippen LogP contribution is 2.28. The van der Waals surface area contributed by atoms with Gasteiger partial charge < -0.3 is 9.64 Å². The minimum atomic E-state index is -0.233. The van der Waals surface area contributed by atoms with E-state index < -0.39 is 0 Å². The third-order valence-electron chi connectivity index (χ3n) is 5.86. The molecule has 0 radical (unpaired) electrons. The van der Waals surface area contributed by atoms with E-state index in [1.54, 1.807) is 6.20 Å². The van der Waals surface area contributed by atoms with Gasteiger partial charge in [0.25, 0.3) is 5.56 Å². The van der Waals surface area contributed by atoms with Gasteiger partial charge in [-0.25, -0.2) is 4.68 Å². The summed E-state index contributed by atoms with van der Waals surface area (Å²) in [5.74, 6) is 0. The molecule has 5 nitrogen and oxygen atoms in total. The van der Waals surface area contributed by atoms with Crippen molar-refractivity contribution in [3.8, 4) is 0 Å². The van der Waals surface area contributed by atoms with Gasteiger partial charge in [0.05, 0.1) is 30.6 Å². The van der Waals surface area contributed by atoms with Crippen LogP contribution in [0.2, 0.25) is 5.02 Å². The van der Waals surface area contributed by atoms with Gasteiger partial charge in [0.15, 0.2) is 0 Å². The normalized spacial score (nSPS) is 19.1. The fourth-order valence-corrected chi connectivity index (χ4v) is 4.52. The molecule has 2 heterocycles. The summed E-state index contributed by atoms with van der Waals surface area (Å²) < 4.78 is 7.75. The number of ether oxygens (including phenoxy) is 1. The van der Waals surface area contributed by atoms with E-state index >= 15 is 0 Å². The number of rotatable bonds is 5. The Hall–Kier alpha value is -1.85. The molecule has 28 heavy (non-hydrogen) atoms. The van der Waals surface area contributed by atoms with Crippen LogP contribution in [0.4, 0.5) is 5.69 Å². The van der Waals surface area contributed by atoms with Gasteiger partial charge in [-0.05, 0) is 31.2 Å². The SMILES string of the molecule is O=c1c(Cl)c(N2CCC(OC3CCCCC3)CC2)cnn1Cc1ccccc1. The number of aromatic nitrogens is 2. The lowest BCUT2D eigenvalue weighted by atomic mass is 9.97. The molecule has 4 rings (SSSR count). The minimum Gasteiger partial charge on any atom is -0.375 e. The Morgan fingerprint density at radius 1 is 1.00 bits per heavy atom. The average molecular weight is 402 g/mol. The van der Waals surface area contributed by atoms with Crippen molar-refractivity contribution in [1.29, 1.82) is 0 Å². The van der Waals surface area contributed by atoms with Crippen LogP contribution < -0.4 is 10.5 Å². The molecule has 0 spiro atoms. The van der Waals surface area contributed by atoms with E-state index in [1.165, 1.54) is 36.8 Å². The Morgan fingerprint density at radius 3 is 2.39 bits per heavy atom. The van der Waals surface area contributed by atoms with Crippen molar-refractivity contribution in [1.82, 2.24) is 9.78 Å². The highest BCUT2D eigenvalue weighted by molar-refractivity contribution is 6.33. The molecule has 1 aliphatic carbocycles. The van der Waals surface area contributed by atoms with E-state index in [1.807, 2.05) is 30.3 Å². The van der Waals surface area contributed by atoms with Gasteiger partial charge in [-0.1, -0.05) is 61.2 Å². The molecule has 2 aromatic rings. The molecule has 1 aromatic carbocycles. The van der Waals surface area contributed by atoms with E-state index in [0.29, 0.717) is 18.8 Å². The molecule has 1 saturated carbocycles. The zero-order valence-corrected chi connectivity index (χ0v) is 17.0. The third-order valence-corrected chi connectivity index (χ3v) is 6.22. The van der Waals surface area contributed by atoms with Crippen LogP contribution >= 0.6 is 11.6 Å². The van der Waals surface area contributed by atoms with Gasteiger partial charge >= 0.3 is 0 Å². The average Bonchev–Trinajstić information content (AvgIpc) is 2.74. The number of halogens is 1. The first-order chi connectivity index (χ1) is 13.7. The molecule has 0 atom stereocenters. The Labute approximate surface area is 171 Å². The van der Waals surface area contributed by atoms with E-state index in [2.05, 4.69) is 10.00 Å². The van der Waals surface area contributed by atoms with Gasteiger partial charge in [0.2, 0.25) is 0 Å². The van der Waals surface area contributed by atoms with Crippen molar-refractivity contribution < 1.29 is 4.74 Å². The van der Waals surface area contributed by atoms with Crippen molar-refractivity contribution in [2.45, 2.75) is 63.7 Å². The molecule has 2 fully saturated rings. The summed E-state index contributed by atoms with van der Waals surface area (Å²) in [5.41, 5.74) is 1.54. The summed E-state index contributed by atoms with van der Waals surface area (Å²) in [7, 11) is 0. The number of hydrogen-bond donors (Lipinski definition) is 0. The van der Waals surface area contributed by atoms with Crippen LogP contribution in [0.1, 0.15) is 50.5 Å². The topological polar surface area (TPSA) is 47.4 Å². The second-order valence-corrected chi connectivity index (χ2v) is 8.25. The maximum Gasteiger partial charge on any atom is 0.287 e. The van der Waals surface area contributed by atoms with Crippen LogP contribution in [0.25, 0.3) is 0 Å². The van der Waals surface area contributed by atoms with Crippen LogP contribution in [-0.2, 0) is 11.3 Å². The molecule has 1 aliphatic heterocycles. The summed E-state index contributed by atoms with van der Waals surface area (Å²) >= 11 is 6.44. The first kappa shape index (κ1) is 19.5. The minimum absolute atomic E-state index is 0.233. The molecule has 1 aromatic heterocycles. The molecular formula is C22H28ClN3O2. The van der Waals surface area contributed by atoms with Crippen molar-refractivity contribution in [2.24, 2.45) is 0 Å². The molecule has 6 heteroatoms. The van der Waals surface area contributed by atoms with E-state index in [4.69, 9.17) is 16.3 Å². The maximum absolute atomic E-state index is 12.7. The Balaban J connectivity index is 1.38. The standard InChI is InChI=1S/C22H28ClN3O2/c23-21-20(15-24-26(22(21)27)16-17-7-3-1-4-8-17)25-13-11-19(12-14-25)28-18-9-5-2-6-10-18/h1,3-4,7-8,15,18-19H,2,5-6,9-14,16H2. The number of anilines is 1. The second-order valence-electron chi connectivity index (χ2n) is 7.87. The van der Waals surface area contributed by atoms with Crippen molar-refractivity contribution in [3.05, 3.63) is 57.5 Å². The molecule has 0 unspecified atom stereocenters. The highest BCUT2D eigenvalue weighted by Gasteiger charge is 2.26. The van der Waals surface area contributed by atoms with Crippen LogP contribution in [0, 0.1) is 0 Å². The number of benzene rings is 1. The van der Waals surface area contributed by atoms with Crippen LogP contribution in [0.15, 0.2) is 41.3 Å². The van der Waals surface area contributed by atoms with Crippen molar-refractivity contribution in [2.75, 3.05) is 18.0 Å². The third kappa shape index (κ3) is 4.58. The van der Waals surface area contributed by atoms with Gasteiger partial charge in [0.1, 0.15) is 5.02 Å². The van der Waals surface area contributed by atoms with E-state index in [-0.39, 0.29) is 10.6 Å². The Morgan fingerprint density at radius 2 is 1.68 bits per heavy atom. The van der Waals surface area contributed by atoms with E-state index in [0.717, 1.165) is 37.2 Å². The molecule has 150 valence electrons. The van der Waals surface area contributed by atoms with Gasteiger partial charge in [-0.3, -0.25) is 4.79 Å². The molecule has 0 N–H and O–H groups in total. The molecule has 2 aliphatic rings. The smallest absolute Gasteiger partial charge is 0.287 e. The number of piperidine rings is 1. The van der Waals surface area contributed by atoms with Gasteiger partial charge in [-0.15, -0.1) is 0 Å². The monoisotopic (exact) mass is 401 g/mol. The second kappa shape index (κ2) is 9.10. The summed E-state index contributed by atoms with van der Waals surface area (Å²) in [6, 6.07) is 9.82. The van der Waals surface area contributed by atoms with Gasteiger partial charge in [0, 0.05) is 13.1 Å². The fraction of sp³-hybridized carbons (Fsp3) is 0.545. The predicted octanol–water partition coefficient (Wildman–Crippen LogP) is 4.26. The van der Waals surface area contributed by atoms with Crippen LogP contribution in [0.5, 0.6) is 0 Å². The molecule has 1 saturated heterocycles. The van der Waals surface area contributed by atoms with E-state index in [9.17, 15) is 4.79 Å². The number of hydrogen-bond acceptors (Lipinski definition) is 4. The molecule has 0 bridgehead atoms. The summed E-state index contributed by atoms with van der Waals surface area (Å²) in [5, 5.41) is 4.63. The fourth-order valence-electron chi connectivity index (χ4n) is 4.25. The zero-order valence-electron chi connectivity index (χ0n) is 16.2. The lowest BCUT2D eigenvalue weighted by Crippen LogP contribution is -2.40. The van der Waals surface area contributed by atoms with Crippen molar-refractivity contribution in [3.63, 3.8) is 0 Å². The molecular weight excluding hydrogens is 374 g/mol. The lowest BCUT2D eigenvalue weighted by molar-refractivity contribution is -0.0395. The maximum atomic E-state index is 12.7. The summed E-state index contributed by atoms with van der Waals surface area (Å²) in [4.78, 5) is 14.9.